The molecule has 4 aromatic rings. The fraction of sp³-hybridized carbons (Fsp3) is 0.278. The summed E-state index contributed by atoms with van der Waals surface area (Å²) in [5.74, 6) is -0.133. The summed E-state index contributed by atoms with van der Waals surface area (Å²) < 4.78 is 40.3. The molecule has 0 saturated heterocycles. The first-order chi connectivity index (χ1) is 22.2. The van der Waals surface area contributed by atoms with Gasteiger partial charge in [0.05, 0.1) is 24.8 Å². The van der Waals surface area contributed by atoms with E-state index in [1.54, 1.807) is 30.3 Å². The zero-order valence-electron chi connectivity index (χ0n) is 26.7. The van der Waals surface area contributed by atoms with Crippen molar-refractivity contribution in [1.29, 1.82) is 0 Å². The second-order valence-corrected chi connectivity index (χ2v) is 12.7. The third-order valence-electron chi connectivity index (χ3n) is 7.69. The van der Waals surface area contributed by atoms with Crippen molar-refractivity contribution in [3.8, 4) is 11.5 Å². The second-order valence-electron chi connectivity index (χ2n) is 10.8. The van der Waals surface area contributed by atoms with Crippen molar-refractivity contribution < 1.29 is 27.5 Å². The van der Waals surface area contributed by atoms with Crippen molar-refractivity contribution in [1.82, 2.24) is 10.2 Å². The standard InChI is InChI=1S/C36H41N3O6S/c1-5-22-37-36(41)32(23-28-15-8-6-9-16-28)38(25-29-17-13-12-14-27(29)2)35(40)26-39(46(42,43)31-18-10-7-11-19-31)30-20-21-33(44-3)34(24-30)45-4/h6-21,24,32H,5,22-23,25-26H2,1-4H3,(H,37,41)/t32-/m1/s1. The first kappa shape index (κ1) is 34.1. The first-order valence-electron chi connectivity index (χ1n) is 15.1. The van der Waals surface area contributed by atoms with Gasteiger partial charge in [0.25, 0.3) is 10.0 Å². The predicted octanol–water partition coefficient (Wildman–Crippen LogP) is 5.37. The van der Waals surface area contributed by atoms with Crippen LogP contribution in [0.1, 0.15) is 30.0 Å². The molecule has 9 nitrogen and oxygen atoms in total. The van der Waals surface area contributed by atoms with Crippen LogP contribution >= 0.6 is 0 Å². The predicted molar refractivity (Wildman–Crippen MR) is 179 cm³/mol. The van der Waals surface area contributed by atoms with Crippen LogP contribution in [0.15, 0.2) is 108 Å². The molecule has 1 N–H and O–H groups in total. The maximum Gasteiger partial charge on any atom is 0.264 e. The fourth-order valence-electron chi connectivity index (χ4n) is 5.12. The molecule has 0 saturated carbocycles. The molecule has 0 aliphatic rings. The lowest BCUT2D eigenvalue weighted by molar-refractivity contribution is -0.140. The van der Waals surface area contributed by atoms with E-state index in [-0.39, 0.29) is 29.5 Å². The van der Waals surface area contributed by atoms with Crippen LogP contribution in [0.5, 0.6) is 11.5 Å². The molecular formula is C36H41N3O6S. The van der Waals surface area contributed by atoms with Crippen LogP contribution in [0.2, 0.25) is 0 Å². The van der Waals surface area contributed by atoms with E-state index in [0.717, 1.165) is 27.4 Å². The molecule has 0 fully saturated rings. The van der Waals surface area contributed by atoms with Gasteiger partial charge >= 0.3 is 0 Å². The highest BCUT2D eigenvalue weighted by Gasteiger charge is 2.35. The quantitative estimate of drug-likeness (QED) is 0.187. The van der Waals surface area contributed by atoms with Crippen LogP contribution in [0, 0.1) is 6.92 Å². The number of hydrogen-bond donors (Lipinski definition) is 1. The van der Waals surface area contributed by atoms with Gasteiger partial charge in [0, 0.05) is 25.6 Å². The maximum absolute atomic E-state index is 14.6. The van der Waals surface area contributed by atoms with Crippen LogP contribution in [0.4, 0.5) is 5.69 Å². The number of nitrogens with one attached hydrogen (secondary N) is 1. The van der Waals surface area contributed by atoms with Crippen molar-refractivity contribution in [2.75, 3.05) is 31.6 Å². The van der Waals surface area contributed by atoms with E-state index >= 15 is 0 Å². The third kappa shape index (κ3) is 8.25. The molecule has 0 unspecified atom stereocenters. The van der Waals surface area contributed by atoms with Crippen molar-refractivity contribution >= 4 is 27.5 Å². The van der Waals surface area contributed by atoms with Crippen molar-refractivity contribution in [3.05, 3.63) is 120 Å². The molecule has 0 heterocycles. The van der Waals surface area contributed by atoms with E-state index in [1.807, 2.05) is 68.4 Å². The average molecular weight is 644 g/mol. The molecule has 0 aliphatic heterocycles. The Morgan fingerprint density at radius 2 is 1.46 bits per heavy atom. The first-order valence-corrected chi connectivity index (χ1v) is 16.6. The lowest BCUT2D eigenvalue weighted by Gasteiger charge is -2.34. The summed E-state index contributed by atoms with van der Waals surface area (Å²) in [4.78, 5) is 29.9. The third-order valence-corrected chi connectivity index (χ3v) is 9.48. The molecule has 0 radical (unpaired) electrons. The lowest BCUT2D eigenvalue weighted by Crippen LogP contribution is -2.53. The highest BCUT2D eigenvalue weighted by atomic mass is 32.2. The van der Waals surface area contributed by atoms with Gasteiger partial charge in [-0.1, -0.05) is 79.7 Å². The van der Waals surface area contributed by atoms with Gasteiger partial charge in [-0.25, -0.2) is 8.42 Å². The molecule has 4 rings (SSSR count). The number of aryl methyl sites for hydroxylation is 1. The number of methoxy groups -OCH3 is 2. The molecule has 1 atom stereocenters. The summed E-state index contributed by atoms with van der Waals surface area (Å²) in [6, 6.07) is 28.8. The van der Waals surface area contributed by atoms with Gasteiger partial charge in [-0.05, 0) is 54.3 Å². The normalized spacial score (nSPS) is 11.7. The Kier molecular flexibility index (Phi) is 11.8. The topological polar surface area (TPSA) is 105 Å². The Bertz CT molecular complexity index is 1710. The van der Waals surface area contributed by atoms with Crippen LogP contribution in [0.25, 0.3) is 0 Å². The number of carbonyl (C=O) groups is 2. The molecule has 0 spiro atoms. The minimum atomic E-state index is -4.24. The van der Waals surface area contributed by atoms with Crippen LogP contribution in [-0.2, 0) is 32.6 Å². The molecule has 0 aliphatic carbocycles. The summed E-state index contributed by atoms with van der Waals surface area (Å²) in [6.45, 7) is 3.88. The lowest BCUT2D eigenvalue weighted by atomic mass is 10.0. The van der Waals surface area contributed by atoms with E-state index in [4.69, 9.17) is 9.47 Å². The highest BCUT2D eigenvalue weighted by molar-refractivity contribution is 7.92. The van der Waals surface area contributed by atoms with Crippen LogP contribution in [-0.4, -0.2) is 58.5 Å². The maximum atomic E-state index is 14.6. The molecule has 0 bridgehead atoms. The summed E-state index contributed by atoms with van der Waals surface area (Å²) in [5, 5.41) is 2.96. The number of amides is 2. The molecule has 4 aromatic carbocycles. The smallest absolute Gasteiger partial charge is 0.264 e. The van der Waals surface area contributed by atoms with E-state index < -0.39 is 28.5 Å². The van der Waals surface area contributed by atoms with Crippen LogP contribution in [0.3, 0.4) is 0 Å². The van der Waals surface area contributed by atoms with Crippen molar-refractivity contribution in [3.63, 3.8) is 0 Å². The van der Waals surface area contributed by atoms with Gasteiger partial charge in [0.2, 0.25) is 11.8 Å². The number of nitrogens with zero attached hydrogens (tertiary/aromatic N) is 2. The summed E-state index contributed by atoms with van der Waals surface area (Å²) in [6.07, 6.45) is 0.966. The van der Waals surface area contributed by atoms with E-state index in [0.29, 0.717) is 18.0 Å². The molecule has 0 aromatic heterocycles. The second kappa shape index (κ2) is 15.9. The van der Waals surface area contributed by atoms with Gasteiger partial charge in [0.15, 0.2) is 11.5 Å². The molecule has 10 heteroatoms. The molecule has 2 amide bonds. The Labute approximate surface area is 271 Å². The number of sulfonamides is 1. The monoisotopic (exact) mass is 643 g/mol. The summed E-state index contributed by atoms with van der Waals surface area (Å²) in [5.41, 5.74) is 2.87. The SMILES string of the molecule is CCCNC(=O)[C@@H](Cc1ccccc1)N(Cc1ccccc1C)C(=O)CN(c1ccc(OC)c(OC)c1)S(=O)(=O)c1ccccc1. The minimum absolute atomic E-state index is 0.0181. The Hall–Kier alpha value is -4.83. The number of rotatable bonds is 15. The van der Waals surface area contributed by atoms with Gasteiger partial charge in [-0.15, -0.1) is 0 Å². The van der Waals surface area contributed by atoms with E-state index in [9.17, 15) is 18.0 Å². The largest absolute Gasteiger partial charge is 0.493 e. The highest BCUT2D eigenvalue weighted by Crippen LogP contribution is 2.34. The van der Waals surface area contributed by atoms with Crippen LogP contribution < -0.4 is 19.1 Å². The fourth-order valence-corrected chi connectivity index (χ4v) is 6.55. The number of hydrogen-bond acceptors (Lipinski definition) is 6. The Balaban J connectivity index is 1.83. The van der Waals surface area contributed by atoms with Gasteiger partial charge < -0.3 is 19.7 Å². The minimum Gasteiger partial charge on any atom is -0.493 e. The number of carbonyl (C=O) groups excluding carboxylic acids is 2. The Morgan fingerprint density at radius 1 is 0.826 bits per heavy atom. The van der Waals surface area contributed by atoms with Crippen molar-refractivity contribution in [2.24, 2.45) is 0 Å². The number of anilines is 1. The van der Waals surface area contributed by atoms with E-state index in [1.165, 1.54) is 37.3 Å². The molecule has 46 heavy (non-hydrogen) atoms. The van der Waals surface area contributed by atoms with E-state index in [2.05, 4.69) is 5.32 Å². The van der Waals surface area contributed by atoms with Gasteiger partial charge in [0.1, 0.15) is 12.6 Å². The number of benzene rings is 4. The zero-order chi connectivity index (χ0) is 33.1. The molecular weight excluding hydrogens is 602 g/mol. The Morgan fingerprint density at radius 3 is 2.09 bits per heavy atom. The molecule has 242 valence electrons. The average Bonchev–Trinajstić information content (AvgIpc) is 3.08. The number of ether oxygens (including phenoxy) is 2. The summed E-state index contributed by atoms with van der Waals surface area (Å²) in [7, 11) is -1.30. The van der Waals surface area contributed by atoms with Crippen molar-refractivity contribution in [2.45, 2.75) is 44.2 Å². The summed E-state index contributed by atoms with van der Waals surface area (Å²) >= 11 is 0. The zero-order valence-corrected chi connectivity index (χ0v) is 27.5. The van der Waals surface area contributed by atoms with Gasteiger partial charge in [-0.3, -0.25) is 13.9 Å². The van der Waals surface area contributed by atoms with Gasteiger partial charge in [-0.2, -0.15) is 0 Å².